The minimum Gasteiger partial charge on any atom is -0.388 e. The number of ether oxygens (including phenoxy) is 1. The minimum atomic E-state index is -1.66. The van der Waals surface area contributed by atoms with Gasteiger partial charge in [0, 0.05) is 0 Å². The van der Waals surface area contributed by atoms with Crippen molar-refractivity contribution in [3.63, 3.8) is 0 Å². The molecule has 5 nitrogen and oxygen atoms in total. The van der Waals surface area contributed by atoms with Crippen LogP contribution in [0.4, 0.5) is 0 Å². The Morgan fingerprint density at radius 1 is 1.62 bits per heavy atom. The molecule has 0 bridgehead atoms. The molecule has 1 fully saturated rings. The summed E-state index contributed by atoms with van der Waals surface area (Å²) in [4.78, 5) is 0. The first kappa shape index (κ1) is 10.4. The van der Waals surface area contributed by atoms with Crippen LogP contribution in [0.2, 0.25) is 0 Å². The van der Waals surface area contributed by atoms with Crippen molar-refractivity contribution in [3.8, 4) is 6.07 Å². The Labute approximate surface area is 76.2 Å². The summed E-state index contributed by atoms with van der Waals surface area (Å²) >= 11 is 0. The zero-order chi connectivity index (χ0) is 10.1. The molecule has 0 aromatic rings. The third-order valence-electron chi connectivity index (χ3n) is 2.46. The fourth-order valence-corrected chi connectivity index (χ4v) is 1.43. The number of nitrogens with zero attached hydrogens (tertiary/aromatic N) is 1. The lowest BCUT2D eigenvalue weighted by atomic mass is 9.83. The van der Waals surface area contributed by atoms with E-state index < -0.39 is 23.9 Å². The van der Waals surface area contributed by atoms with Crippen LogP contribution in [-0.2, 0) is 4.74 Å². The van der Waals surface area contributed by atoms with Gasteiger partial charge in [0.1, 0.15) is 17.8 Å². The second kappa shape index (κ2) is 3.60. The third-order valence-corrected chi connectivity index (χ3v) is 2.46. The smallest absolute Gasteiger partial charge is 0.132 e. The minimum absolute atomic E-state index is 0.0178. The average molecular weight is 187 g/mol. The van der Waals surface area contributed by atoms with E-state index in [1.54, 1.807) is 13.0 Å². The molecular weight excluding hydrogens is 174 g/mol. The van der Waals surface area contributed by atoms with Crippen LogP contribution in [0.1, 0.15) is 13.3 Å². The second-order valence-corrected chi connectivity index (χ2v) is 3.31. The van der Waals surface area contributed by atoms with E-state index in [2.05, 4.69) is 0 Å². The number of hydrogen-bond donors (Lipinski definition) is 3. The van der Waals surface area contributed by atoms with Gasteiger partial charge in [0.05, 0.1) is 25.2 Å². The van der Waals surface area contributed by atoms with Crippen molar-refractivity contribution in [2.45, 2.75) is 37.3 Å². The van der Waals surface area contributed by atoms with Gasteiger partial charge in [-0.15, -0.1) is 0 Å². The van der Waals surface area contributed by atoms with Crippen molar-refractivity contribution in [3.05, 3.63) is 0 Å². The van der Waals surface area contributed by atoms with Gasteiger partial charge in [-0.2, -0.15) is 5.26 Å². The van der Waals surface area contributed by atoms with Gasteiger partial charge in [0.15, 0.2) is 0 Å². The summed E-state index contributed by atoms with van der Waals surface area (Å²) in [7, 11) is 0. The largest absolute Gasteiger partial charge is 0.388 e. The van der Waals surface area contributed by atoms with Crippen LogP contribution in [0.15, 0.2) is 0 Å². The molecule has 3 N–H and O–H groups in total. The molecule has 1 saturated heterocycles. The van der Waals surface area contributed by atoms with Crippen LogP contribution in [0.25, 0.3) is 0 Å². The van der Waals surface area contributed by atoms with Crippen LogP contribution >= 0.6 is 0 Å². The van der Waals surface area contributed by atoms with Crippen molar-refractivity contribution in [1.29, 1.82) is 5.26 Å². The summed E-state index contributed by atoms with van der Waals surface area (Å²) in [6.45, 7) is 1.54. The zero-order valence-corrected chi connectivity index (χ0v) is 7.34. The van der Waals surface area contributed by atoms with E-state index in [4.69, 9.17) is 10.00 Å². The van der Waals surface area contributed by atoms with Gasteiger partial charge in [0.25, 0.3) is 0 Å². The van der Waals surface area contributed by atoms with Crippen LogP contribution < -0.4 is 0 Å². The summed E-state index contributed by atoms with van der Waals surface area (Å²) in [5.74, 6) is 0. The Morgan fingerprint density at radius 3 is 2.77 bits per heavy atom. The standard InChI is InChI=1S/C8H13NO4/c1-5-8(12,2-3-9)7(11)6(10)4-13-5/h5-7,10-12H,2,4H2,1H3/t5?,6-,7?,8+/m0/s1. The lowest BCUT2D eigenvalue weighted by Crippen LogP contribution is -2.61. The molecule has 13 heavy (non-hydrogen) atoms. The number of aliphatic hydroxyl groups is 3. The Kier molecular flexibility index (Phi) is 2.88. The monoisotopic (exact) mass is 187 g/mol. The number of rotatable bonds is 1. The number of aliphatic hydroxyl groups excluding tert-OH is 2. The van der Waals surface area contributed by atoms with Gasteiger partial charge in [0.2, 0.25) is 0 Å². The van der Waals surface area contributed by atoms with Gasteiger partial charge < -0.3 is 20.1 Å². The first-order chi connectivity index (χ1) is 6.02. The molecule has 4 atom stereocenters. The normalized spacial score (nSPS) is 45.6. The molecule has 5 heteroatoms. The molecule has 1 aliphatic heterocycles. The summed E-state index contributed by atoms with van der Waals surface area (Å²) in [5.41, 5.74) is -1.66. The van der Waals surface area contributed by atoms with Crippen LogP contribution in [0.5, 0.6) is 0 Å². The van der Waals surface area contributed by atoms with Gasteiger partial charge in [-0.1, -0.05) is 0 Å². The molecule has 0 aromatic carbocycles. The molecule has 0 saturated carbocycles. The van der Waals surface area contributed by atoms with Crippen LogP contribution in [0.3, 0.4) is 0 Å². The zero-order valence-electron chi connectivity index (χ0n) is 7.34. The number of nitriles is 1. The van der Waals surface area contributed by atoms with Gasteiger partial charge in [-0.25, -0.2) is 0 Å². The maximum absolute atomic E-state index is 9.82. The number of hydrogen-bond acceptors (Lipinski definition) is 5. The van der Waals surface area contributed by atoms with E-state index in [0.717, 1.165) is 0 Å². The molecule has 1 aliphatic rings. The van der Waals surface area contributed by atoms with E-state index >= 15 is 0 Å². The van der Waals surface area contributed by atoms with Crippen LogP contribution in [-0.4, -0.2) is 45.8 Å². The molecule has 1 rings (SSSR count). The molecule has 0 aliphatic carbocycles. The molecule has 74 valence electrons. The second-order valence-electron chi connectivity index (χ2n) is 3.31. The quantitative estimate of drug-likeness (QED) is 0.478. The average Bonchev–Trinajstić information content (AvgIpc) is 2.10. The highest BCUT2D eigenvalue weighted by Crippen LogP contribution is 2.28. The van der Waals surface area contributed by atoms with Crippen molar-refractivity contribution in [1.82, 2.24) is 0 Å². The highest BCUT2D eigenvalue weighted by atomic mass is 16.5. The molecule has 2 unspecified atom stereocenters. The lowest BCUT2D eigenvalue weighted by Gasteiger charge is -2.42. The Morgan fingerprint density at radius 2 is 2.23 bits per heavy atom. The van der Waals surface area contributed by atoms with Gasteiger partial charge >= 0.3 is 0 Å². The molecule has 0 spiro atoms. The topological polar surface area (TPSA) is 93.7 Å². The van der Waals surface area contributed by atoms with E-state index in [-0.39, 0.29) is 13.0 Å². The molecule has 0 aromatic heterocycles. The highest BCUT2D eigenvalue weighted by molar-refractivity contribution is 5.03. The predicted molar refractivity (Wildman–Crippen MR) is 42.6 cm³/mol. The van der Waals surface area contributed by atoms with Crippen molar-refractivity contribution < 1.29 is 20.1 Å². The van der Waals surface area contributed by atoms with Crippen LogP contribution in [0, 0.1) is 11.3 Å². The maximum Gasteiger partial charge on any atom is 0.132 e. The van der Waals surface area contributed by atoms with E-state index in [0.29, 0.717) is 0 Å². The summed E-state index contributed by atoms with van der Waals surface area (Å²) < 4.78 is 5.02. The lowest BCUT2D eigenvalue weighted by molar-refractivity contribution is -0.235. The molecule has 1 heterocycles. The Hall–Kier alpha value is -0.670. The van der Waals surface area contributed by atoms with Gasteiger partial charge in [-0.05, 0) is 6.92 Å². The highest BCUT2D eigenvalue weighted by Gasteiger charge is 2.48. The molecular formula is C8H13NO4. The summed E-state index contributed by atoms with van der Waals surface area (Å²) in [6.07, 6.45) is -3.36. The first-order valence-corrected chi connectivity index (χ1v) is 4.09. The summed E-state index contributed by atoms with van der Waals surface area (Å²) in [5, 5.41) is 36.9. The summed E-state index contributed by atoms with van der Waals surface area (Å²) in [6, 6.07) is 1.76. The molecule has 0 amide bonds. The Balaban J connectivity index is 2.83. The fourth-order valence-electron chi connectivity index (χ4n) is 1.43. The van der Waals surface area contributed by atoms with E-state index in [1.807, 2.05) is 0 Å². The van der Waals surface area contributed by atoms with Crippen molar-refractivity contribution in [2.75, 3.05) is 6.61 Å². The maximum atomic E-state index is 9.82. The van der Waals surface area contributed by atoms with E-state index in [1.165, 1.54) is 0 Å². The van der Waals surface area contributed by atoms with Crippen molar-refractivity contribution >= 4 is 0 Å². The SMILES string of the molecule is CC1OC[C@H](O)C(O)[C@@]1(O)CC#N. The Bertz CT molecular complexity index is 227. The molecule has 0 radical (unpaired) electrons. The van der Waals surface area contributed by atoms with E-state index in [9.17, 15) is 15.3 Å². The fraction of sp³-hybridized carbons (Fsp3) is 0.875. The van der Waals surface area contributed by atoms with Gasteiger partial charge in [-0.3, -0.25) is 0 Å². The third kappa shape index (κ3) is 1.67. The first-order valence-electron chi connectivity index (χ1n) is 4.09. The van der Waals surface area contributed by atoms with Crippen molar-refractivity contribution in [2.24, 2.45) is 0 Å². The predicted octanol–water partition coefficient (Wildman–Crippen LogP) is -1.23.